The van der Waals surface area contributed by atoms with Gasteiger partial charge in [-0.1, -0.05) is 26.7 Å². The van der Waals surface area contributed by atoms with Crippen LogP contribution >= 0.6 is 0 Å². The molecule has 1 aliphatic carbocycles. The van der Waals surface area contributed by atoms with Crippen molar-refractivity contribution in [1.82, 2.24) is 10.2 Å². The maximum atomic E-state index is 9.13. The quantitative estimate of drug-likeness (QED) is 0.676. The van der Waals surface area contributed by atoms with Crippen LogP contribution in [-0.4, -0.2) is 49.3 Å². The van der Waals surface area contributed by atoms with Gasteiger partial charge < -0.3 is 15.3 Å². The van der Waals surface area contributed by atoms with Crippen LogP contribution in [0.4, 0.5) is 0 Å². The van der Waals surface area contributed by atoms with E-state index in [0.29, 0.717) is 12.0 Å². The van der Waals surface area contributed by atoms with Gasteiger partial charge in [0.2, 0.25) is 0 Å². The van der Waals surface area contributed by atoms with Gasteiger partial charge in [-0.3, -0.25) is 0 Å². The number of likely N-dealkylation sites (tertiary alicyclic amines) is 1. The summed E-state index contributed by atoms with van der Waals surface area (Å²) >= 11 is 0. The molecule has 1 saturated carbocycles. The molecule has 0 aromatic carbocycles. The van der Waals surface area contributed by atoms with Crippen molar-refractivity contribution in [3.8, 4) is 0 Å². The summed E-state index contributed by atoms with van der Waals surface area (Å²) in [4.78, 5) is 2.68. The maximum Gasteiger partial charge on any atom is 0.0434 e. The summed E-state index contributed by atoms with van der Waals surface area (Å²) < 4.78 is 0. The van der Waals surface area contributed by atoms with E-state index < -0.39 is 0 Å². The molecule has 2 fully saturated rings. The van der Waals surface area contributed by atoms with Gasteiger partial charge in [0.1, 0.15) is 0 Å². The Balaban J connectivity index is 1.86. The van der Waals surface area contributed by atoms with Gasteiger partial charge in [-0.05, 0) is 62.4 Å². The van der Waals surface area contributed by atoms with Crippen LogP contribution in [0.3, 0.4) is 0 Å². The second-order valence-electron chi connectivity index (χ2n) is 7.76. The number of rotatable bonds is 8. The minimum Gasteiger partial charge on any atom is -0.396 e. The molecule has 1 unspecified atom stereocenters. The minimum absolute atomic E-state index is 0.360. The van der Waals surface area contributed by atoms with Crippen molar-refractivity contribution < 1.29 is 5.11 Å². The third-order valence-corrected chi connectivity index (χ3v) is 5.73. The van der Waals surface area contributed by atoms with Crippen molar-refractivity contribution in [1.29, 1.82) is 0 Å². The summed E-state index contributed by atoms with van der Waals surface area (Å²) in [5.41, 5.74) is 0.510. The Morgan fingerprint density at radius 3 is 2.67 bits per heavy atom. The van der Waals surface area contributed by atoms with Crippen LogP contribution in [0, 0.1) is 17.3 Å². The van der Waals surface area contributed by atoms with E-state index in [1.807, 2.05) is 0 Å². The van der Waals surface area contributed by atoms with Gasteiger partial charge in [0, 0.05) is 26.2 Å². The number of nitrogens with one attached hydrogen (secondary N) is 1. The van der Waals surface area contributed by atoms with Gasteiger partial charge in [-0.15, -0.1) is 0 Å². The molecule has 1 saturated heterocycles. The Labute approximate surface area is 131 Å². The summed E-state index contributed by atoms with van der Waals surface area (Å²) in [7, 11) is 0. The standard InChI is InChI=1S/C18H36N2O/c1-3-10-19-14-18(8-4-16(2)5-9-18)15-20-11-6-17(13-20)7-12-21/h16-17,19,21H,3-15H2,1-2H3. The molecule has 1 heterocycles. The van der Waals surface area contributed by atoms with Gasteiger partial charge >= 0.3 is 0 Å². The third kappa shape index (κ3) is 5.22. The van der Waals surface area contributed by atoms with Gasteiger partial charge in [0.15, 0.2) is 0 Å². The van der Waals surface area contributed by atoms with Gasteiger partial charge in [0.25, 0.3) is 0 Å². The average Bonchev–Trinajstić information content (AvgIpc) is 2.90. The summed E-state index contributed by atoms with van der Waals surface area (Å²) in [6.07, 6.45) is 9.11. The van der Waals surface area contributed by atoms with Crippen molar-refractivity contribution in [3.05, 3.63) is 0 Å². The van der Waals surface area contributed by atoms with Crippen LogP contribution < -0.4 is 5.32 Å². The second-order valence-corrected chi connectivity index (χ2v) is 7.76. The normalized spacial score (nSPS) is 34.4. The first-order valence-electron chi connectivity index (χ1n) is 9.21. The molecule has 2 rings (SSSR count). The lowest BCUT2D eigenvalue weighted by atomic mass is 9.70. The number of hydrogen-bond acceptors (Lipinski definition) is 3. The highest BCUT2D eigenvalue weighted by molar-refractivity contribution is 4.91. The molecule has 0 aromatic rings. The first-order valence-corrected chi connectivity index (χ1v) is 9.21. The zero-order chi connectivity index (χ0) is 15.1. The molecule has 3 nitrogen and oxygen atoms in total. The predicted octanol–water partition coefficient (Wildman–Crippen LogP) is 2.89. The molecule has 0 radical (unpaired) electrons. The Morgan fingerprint density at radius 1 is 1.24 bits per heavy atom. The van der Waals surface area contributed by atoms with Crippen LogP contribution in [0.2, 0.25) is 0 Å². The molecule has 0 amide bonds. The van der Waals surface area contributed by atoms with Crippen LogP contribution in [0.1, 0.15) is 58.8 Å². The van der Waals surface area contributed by atoms with Crippen molar-refractivity contribution in [2.45, 2.75) is 58.8 Å². The van der Waals surface area contributed by atoms with E-state index in [-0.39, 0.29) is 0 Å². The molecule has 0 bridgehead atoms. The zero-order valence-corrected chi connectivity index (χ0v) is 14.2. The van der Waals surface area contributed by atoms with Crippen LogP contribution in [-0.2, 0) is 0 Å². The lowest BCUT2D eigenvalue weighted by molar-refractivity contribution is 0.0956. The van der Waals surface area contributed by atoms with E-state index in [1.54, 1.807) is 0 Å². The molecule has 21 heavy (non-hydrogen) atoms. The predicted molar refractivity (Wildman–Crippen MR) is 89.5 cm³/mol. The van der Waals surface area contributed by atoms with Crippen molar-refractivity contribution >= 4 is 0 Å². The molecule has 2 N–H and O–H groups in total. The van der Waals surface area contributed by atoms with Gasteiger partial charge in [-0.25, -0.2) is 0 Å². The molecule has 3 heteroatoms. The summed E-state index contributed by atoms with van der Waals surface area (Å²) in [6.45, 7) is 11.1. The molecule has 0 aromatic heterocycles. The second kappa shape index (κ2) is 8.50. The summed E-state index contributed by atoms with van der Waals surface area (Å²) in [5, 5.41) is 12.8. The van der Waals surface area contributed by atoms with Crippen LogP contribution in [0.5, 0.6) is 0 Å². The number of aliphatic hydroxyl groups is 1. The van der Waals surface area contributed by atoms with Crippen molar-refractivity contribution in [3.63, 3.8) is 0 Å². The highest BCUT2D eigenvalue weighted by Gasteiger charge is 2.37. The highest BCUT2D eigenvalue weighted by atomic mass is 16.3. The van der Waals surface area contributed by atoms with Gasteiger partial charge in [-0.2, -0.15) is 0 Å². The fourth-order valence-corrected chi connectivity index (χ4v) is 4.24. The van der Waals surface area contributed by atoms with E-state index in [9.17, 15) is 0 Å². The number of hydrogen-bond donors (Lipinski definition) is 2. The largest absolute Gasteiger partial charge is 0.396 e. The van der Waals surface area contributed by atoms with E-state index in [0.717, 1.165) is 24.8 Å². The number of nitrogens with zero attached hydrogens (tertiary/aromatic N) is 1. The van der Waals surface area contributed by atoms with E-state index in [4.69, 9.17) is 5.11 Å². The number of aliphatic hydroxyl groups excluding tert-OH is 1. The van der Waals surface area contributed by atoms with Crippen LogP contribution in [0.25, 0.3) is 0 Å². The highest BCUT2D eigenvalue weighted by Crippen LogP contribution is 2.40. The van der Waals surface area contributed by atoms with E-state index in [2.05, 4.69) is 24.1 Å². The molecular formula is C18H36N2O. The smallest absolute Gasteiger partial charge is 0.0434 e. The Hall–Kier alpha value is -0.120. The SMILES string of the molecule is CCCNCC1(CN2CCC(CCO)C2)CCC(C)CC1. The Bertz CT molecular complexity index is 287. The molecule has 0 spiro atoms. The lowest BCUT2D eigenvalue weighted by Crippen LogP contribution is -2.45. The topological polar surface area (TPSA) is 35.5 Å². The first kappa shape index (κ1) is 17.2. The van der Waals surface area contributed by atoms with Crippen LogP contribution in [0.15, 0.2) is 0 Å². The fraction of sp³-hybridized carbons (Fsp3) is 1.00. The monoisotopic (exact) mass is 296 g/mol. The molecular weight excluding hydrogens is 260 g/mol. The Morgan fingerprint density at radius 2 is 2.00 bits per heavy atom. The summed E-state index contributed by atoms with van der Waals surface area (Å²) in [5.74, 6) is 1.66. The Kier molecular flexibility index (Phi) is 6.97. The van der Waals surface area contributed by atoms with E-state index in [1.165, 1.54) is 64.7 Å². The van der Waals surface area contributed by atoms with Gasteiger partial charge in [0.05, 0.1) is 0 Å². The lowest BCUT2D eigenvalue weighted by Gasteiger charge is -2.42. The summed E-state index contributed by atoms with van der Waals surface area (Å²) in [6, 6.07) is 0. The molecule has 2 aliphatic rings. The fourth-order valence-electron chi connectivity index (χ4n) is 4.24. The third-order valence-electron chi connectivity index (χ3n) is 5.73. The van der Waals surface area contributed by atoms with Crippen molar-refractivity contribution in [2.75, 3.05) is 39.3 Å². The first-order chi connectivity index (χ1) is 10.2. The molecule has 124 valence electrons. The maximum absolute atomic E-state index is 9.13. The molecule has 1 atom stereocenters. The molecule has 1 aliphatic heterocycles. The average molecular weight is 296 g/mol. The van der Waals surface area contributed by atoms with Crippen molar-refractivity contribution in [2.24, 2.45) is 17.3 Å². The van der Waals surface area contributed by atoms with E-state index >= 15 is 0 Å². The zero-order valence-electron chi connectivity index (χ0n) is 14.2. The minimum atomic E-state index is 0.360.